The molecule has 0 heterocycles. The first-order valence-corrected chi connectivity index (χ1v) is 6.49. The van der Waals surface area contributed by atoms with Crippen molar-refractivity contribution >= 4 is 0 Å². The van der Waals surface area contributed by atoms with Gasteiger partial charge in [-0.25, -0.2) is 0 Å². The summed E-state index contributed by atoms with van der Waals surface area (Å²) in [6.07, 6.45) is 1.65. The fraction of sp³-hybridized carbons (Fsp3) is 0.235. The second kappa shape index (κ2) is 7.72. The van der Waals surface area contributed by atoms with Crippen LogP contribution in [0, 0.1) is 6.42 Å². The molecule has 99 valence electrons. The summed E-state index contributed by atoms with van der Waals surface area (Å²) in [5.74, 6) is 0. The zero-order chi connectivity index (χ0) is 13.3. The molecule has 2 aromatic carbocycles. The molecule has 0 bridgehead atoms. The molecule has 0 aliphatic rings. The van der Waals surface area contributed by atoms with Crippen molar-refractivity contribution in [2.45, 2.75) is 26.4 Å². The lowest BCUT2D eigenvalue weighted by Gasteiger charge is -2.16. The van der Waals surface area contributed by atoms with E-state index >= 15 is 0 Å². The highest BCUT2D eigenvalue weighted by molar-refractivity contribution is 5.14. The van der Waals surface area contributed by atoms with Crippen LogP contribution in [0.5, 0.6) is 0 Å². The van der Waals surface area contributed by atoms with Gasteiger partial charge in [0, 0.05) is 6.42 Å². The van der Waals surface area contributed by atoms with Gasteiger partial charge < -0.3 is 9.47 Å². The molecule has 0 atom stereocenters. The zero-order valence-corrected chi connectivity index (χ0v) is 11.2. The predicted octanol–water partition coefficient (Wildman–Crippen LogP) is 3.97. The second-order valence-electron chi connectivity index (χ2n) is 4.29. The molecule has 0 saturated heterocycles. The van der Waals surface area contributed by atoms with Crippen molar-refractivity contribution in [1.82, 2.24) is 0 Å². The molecule has 0 N–H and O–H groups in total. The van der Waals surface area contributed by atoms with Gasteiger partial charge in [-0.15, -0.1) is 0 Å². The minimum Gasteiger partial charge on any atom is -0.348 e. The third-order valence-electron chi connectivity index (χ3n) is 2.79. The minimum atomic E-state index is -0.277. The number of hydrogen-bond acceptors (Lipinski definition) is 2. The van der Waals surface area contributed by atoms with Crippen LogP contribution in [0.2, 0.25) is 0 Å². The SMILES string of the molecule is C[CH]C(OCc1ccccc1)OCc1ccccc1. The summed E-state index contributed by atoms with van der Waals surface area (Å²) < 4.78 is 11.4. The quantitative estimate of drug-likeness (QED) is 0.697. The smallest absolute Gasteiger partial charge is 0.161 e. The highest BCUT2D eigenvalue weighted by Crippen LogP contribution is 2.09. The molecule has 19 heavy (non-hydrogen) atoms. The van der Waals surface area contributed by atoms with Crippen LogP contribution in [-0.4, -0.2) is 6.29 Å². The molecule has 2 heteroatoms. The third kappa shape index (κ3) is 4.86. The Morgan fingerprint density at radius 1 is 0.789 bits per heavy atom. The largest absolute Gasteiger partial charge is 0.348 e. The standard InChI is InChI=1S/C17H19O2/c1-2-17(18-13-15-9-5-3-6-10-15)19-14-16-11-7-4-8-12-16/h2-12,17H,13-14H2,1H3. The van der Waals surface area contributed by atoms with Crippen LogP contribution < -0.4 is 0 Å². The Morgan fingerprint density at radius 3 is 1.58 bits per heavy atom. The van der Waals surface area contributed by atoms with Gasteiger partial charge in [-0.05, 0) is 11.1 Å². The molecule has 0 fully saturated rings. The molecule has 1 radical (unpaired) electrons. The van der Waals surface area contributed by atoms with Crippen LogP contribution in [0.25, 0.3) is 0 Å². The van der Waals surface area contributed by atoms with Crippen molar-refractivity contribution in [3.8, 4) is 0 Å². The topological polar surface area (TPSA) is 18.5 Å². The summed E-state index contributed by atoms with van der Waals surface area (Å²) in [4.78, 5) is 0. The maximum Gasteiger partial charge on any atom is 0.161 e. The van der Waals surface area contributed by atoms with E-state index in [1.165, 1.54) is 0 Å². The van der Waals surface area contributed by atoms with Crippen molar-refractivity contribution in [3.63, 3.8) is 0 Å². The van der Waals surface area contributed by atoms with Gasteiger partial charge in [0.15, 0.2) is 6.29 Å². The average Bonchev–Trinajstić information content (AvgIpc) is 2.49. The first kappa shape index (κ1) is 13.8. The van der Waals surface area contributed by atoms with Gasteiger partial charge in [0.1, 0.15) is 0 Å². The predicted molar refractivity (Wildman–Crippen MR) is 76.2 cm³/mol. The molecule has 0 amide bonds. The minimum absolute atomic E-state index is 0.277. The van der Waals surface area contributed by atoms with E-state index in [9.17, 15) is 0 Å². The van der Waals surface area contributed by atoms with Crippen LogP contribution in [0.4, 0.5) is 0 Å². The van der Waals surface area contributed by atoms with Crippen LogP contribution >= 0.6 is 0 Å². The van der Waals surface area contributed by atoms with E-state index in [1.54, 1.807) is 0 Å². The van der Waals surface area contributed by atoms with Crippen molar-refractivity contribution in [3.05, 3.63) is 78.2 Å². The zero-order valence-electron chi connectivity index (χ0n) is 11.2. The summed E-state index contributed by atoms with van der Waals surface area (Å²) in [5, 5.41) is 0. The Balaban J connectivity index is 1.77. The Kier molecular flexibility index (Phi) is 5.60. The fourth-order valence-electron chi connectivity index (χ4n) is 1.75. The molecule has 0 aliphatic carbocycles. The first-order valence-electron chi connectivity index (χ1n) is 6.49. The molecular weight excluding hydrogens is 236 g/mol. The van der Waals surface area contributed by atoms with Crippen molar-refractivity contribution in [1.29, 1.82) is 0 Å². The molecule has 0 aromatic heterocycles. The molecule has 0 spiro atoms. The Morgan fingerprint density at radius 2 is 1.21 bits per heavy atom. The van der Waals surface area contributed by atoms with Crippen molar-refractivity contribution in [2.24, 2.45) is 0 Å². The van der Waals surface area contributed by atoms with E-state index in [0.717, 1.165) is 11.1 Å². The van der Waals surface area contributed by atoms with Gasteiger partial charge in [-0.3, -0.25) is 0 Å². The molecule has 0 unspecified atom stereocenters. The van der Waals surface area contributed by atoms with Gasteiger partial charge >= 0.3 is 0 Å². The van der Waals surface area contributed by atoms with E-state index in [4.69, 9.17) is 9.47 Å². The Labute approximate surface area is 115 Å². The van der Waals surface area contributed by atoms with Gasteiger partial charge in [0.25, 0.3) is 0 Å². The number of hydrogen-bond donors (Lipinski definition) is 0. The lowest BCUT2D eigenvalue weighted by atomic mass is 10.2. The van der Waals surface area contributed by atoms with Gasteiger partial charge in [0.05, 0.1) is 13.2 Å². The molecule has 0 aliphatic heterocycles. The number of benzene rings is 2. The molecule has 2 nitrogen and oxygen atoms in total. The van der Waals surface area contributed by atoms with E-state index in [0.29, 0.717) is 13.2 Å². The summed E-state index contributed by atoms with van der Waals surface area (Å²) in [5.41, 5.74) is 2.30. The van der Waals surface area contributed by atoms with Gasteiger partial charge in [-0.1, -0.05) is 67.6 Å². The highest BCUT2D eigenvalue weighted by Gasteiger charge is 2.07. The van der Waals surface area contributed by atoms with Crippen LogP contribution in [0.3, 0.4) is 0 Å². The lowest BCUT2D eigenvalue weighted by Crippen LogP contribution is -2.16. The lowest BCUT2D eigenvalue weighted by molar-refractivity contribution is -0.135. The fourth-order valence-corrected chi connectivity index (χ4v) is 1.75. The summed E-state index contributed by atoms with van der Waals surface area (Å²) in [6.45, 7) is 3.07. The highest BCUT2D eigenvalue weighted by atomic mass is 16.7. The van der Waals surface area contributed by atoms with Gasteiger partial charge in [0.2, 0.25) is 0 Å². The van der Waals surface area contributed by atoms with Gasteiger partial charge in [-0.2, -0.15) is 0 Å². The maximum atomic E-state index is 5.72. The normalized spacial score (nSPS) is 10.8. The molecule has 2 aromatic rings. The Hall–Kier alpha value is -1.64. The molecule has 2 rings (SSSR count). The summed E-state index contributed by atoms with van der Waals surface area (Å²) >= 11 is 0. The summed E-state index contributed by atoms with van der Waals surface area (Å²) in [6, 6.07) is 20.2. The van der Waals surface area contributed by atoms with Crippen LogP contribution in [0.1, 0.15) is 18.1 Å². The first-order chi connectivity index (χ1) is 9.38. The number of rotatable bonds is 7. The van der Waals surface area contributed by atoms with E-state index < -0.39 is 0 Å². The van der Waals surface area contributed by atoms with E-state index in [-0.39, 0.29) is 6.29 Å². The monoisotopic (exact) mass is 255 g/mol. The maximum absolute atomic E-state index is 5.72. The molecule has 0 saturated carbocycles. The number of ether oxygens (including phenoxy) is 2. The van der Waals surface area contributed by atoms with Crippen molar-refractivity contribution in [2.75, 3.05) is 0 Å². The van der Waals surface area contributed by atoms with E-state index in [2.05, 4.69) is 0 Å². The molecular formula is C17H19O2. The van der Waals surface area contributed by atoms with E-state index in [1.807, 2.05) is 74.0 Å². The van der Waals surface area contributed by atoms with Crippen molar-refractivity contribution < 1.29 is 9.47 Å². The Bertz CT molecular complexity index is 410. The third-order valence-corrected chi connectivity index (χ3v) is 2.79. The van der Waals surface area contributed by atoms with Crippen LogP contribution in [-0.2, 0) is 22.7 Å². The summed E-state index contributed by atoms with van der Waals surface area (Å²) in [7, 11) is 0. The average molecular weight is 255 g/mol. The van der Waals surface area contributed by atoms with Crippen LogP contribution in [0.15, 0.2) is 60.7 Å². The second-order valence-corrected chi connectivity index (χ2v) is 4.29.